The third kappa shape index (κ3) is 3.68. The average Bonchev–Trinajstić information content (AvgIpc) is 3.06. The lowest BCUT2D eigenvalue weighted by Crippen LogP contribution is -1.98. The van der Waals surface area contributed by atoms with Crippen LogP contribution >= 0.6 is 23.2 Å². The molecule has 0 aliphatic heterocycles. The Kier molecular flexibility index (Phi) is 5.21. The zero-order valence-electron chi connectivity index (χ0n) is 14.9. The zero-order valence-corrected chi connectivity index (χ0v) is 16.5. The quantitative estimate of drug-likeness (QED) is 0.335. The van der Waals surface area contributed by atoms with Gasteiger partial charge in [0.1, 0.15) is 0 Å². The van der Waals surface area contributed by atoms with Crippen LogP contribution in [-0.2, 0) is 6.54 Å². The number of hydrogen-bond donors (Lipinski definition) is 0. The Bertz CT molecular complexity index is 1210. The summed E-state index contributed by atoms with van der Waals surface area (Å²) in [6, 6.07) is 25.6. The number of halogens is 2. The van der Waals surface area contributed by atoms with Gasteiger partial charge in [-0.3, -0.25) is 0 Å². The lowest BCUT2D eigenvalue weighted by atomic mass is 10.0. The minimum absolute atomic E-state index is 0.595. The van der Waals surface area contributed by atoms with Crippen LogP contribution in [0.4, 0.5) is 0 Å². The Balaban J connectivity index is 1.81. The second-order valence-corrected chi connectivity index (χ2v) is 7.34. The molecule has 0 fully saturated rings. The smallest absolute Gasteiger partial charge is 0.0998 e. The van der Waals surface area contributed by atoms with Crippen molar-refractivity contribution in [2.24, 2.45) is 0 Å². The van der Waals surface area contributed by atoms with Gasteiger partial charge in [0.15, 0.2) is 0 Å². The van der Waals surface area contributed by atoms with Crippen molar-refractivity contribution in [3.63, 3.8) is 0 Å². The van der Waals surface area contributed by atoms with Crippen molar-refractivity contribution < 1.29 is 0 Å². The zero-order chi connectivity index (χ0) is 19.5. The molecule has 0 bridgehead atoms. The second kappa shape index (κ2) is 7.94. The highest BCUT2D eigenvalue weighted by Crippen LogP contribution is 2.28. The average molecular weight is 403 g/mol. The number of aromatic nitrogens is 1. The monoisotopic (exact) mass is 402 g/mol. The molecule has 4 rings (SSSR count). The fourth-order valence-electron chi connectivity index (χ4n) is 3.30. The third-order valence-electron chi connectivity index (χ3n) is 4.69. The third-order valence-corrected chi connectivity index (χ3v) is 5.31. The van der Waals surface area contributed by atoms with Crippen LogP contribution in [-0.4, -0.2) is 4.57 Å². The van der Waals surface area contributed by atoms with Crippen LogP contribution in [0.15, 0.2) is 79.0 Å². The number of benzene rings is 3. The normalized spacial score (nSPS) is 11.5. The molecule has 3 aromatic carbocycles. The number of allylic oxidation sites excluding steroid dienone is 1. The lowest BCUT2D eigenvalue weighted by Gasteiger charge is -2.07. The number of nitrogens with zero attached hydrogens (tertiary/aromatic N) is 2. The molecule has 0 radical (unpaired) electrons. The van der Waals surface area contributed by atoms with E-state index in [1.165, 1.54) is 0 Å². The molecule has 0 amide bonds. The van der Waals surface area contributed by atoms with Crippen molar-refractivity contribution in [1.29, 1.82) is 5.26 Å². The van der Waals surface area contributed by atoms with Gasteiger partial charge in [-0.1, -0.05) is 71.7 Å². The van der Waals surface area contributed by atoms with Crippen molar-refractivity contribution in [1.82, 2.24) is 4.57 Å². The first-order valence-corrected chi connectivity index (χ1v) is 9.60. The fraction of sp³-hybridized carbons (Fsp3) is 0.0417. The van der Waals surface area contributed by atoms with E-state index in [4.69, 9.17) is 23.2 Å². The largest absolute Gasteiger partial charge is 0.342 e. The summed E-state index contributed by atoms with van der Waals surface area (Å²) in [4.78, 5) is 0. The van der Waals surface area contributed by atoms with Gasteiger partial charge < -0.3 is 4.57 Å². The SMILES string of the molecule is N#C/C(=C/c1cn(Cc2ccccc2Cl)c2ccccc12)c1ccc(Cl)cc1. The van der Waals surface area contributed by atoms with Gasteiger partial charge in [-0.15, -0.1) is 0 Å². The van der Waals surface area contributed by atoms with Crippen molar-refractivity contribution in [3.05, 3.63) is 106 Å². The number of hydrogen-bond acceptors (Lipinski definition) is 1. The van der Waals surface area contributed by atoms with Gasteiger partial charge in [0.25, 0.3) is 0 Å². The van der Waals surface area contributed by atoms with Crippen LogP contribution in [0, 0.1) is 11.3 Å². The predicted molar refractivity (Wildman–Crippen MR) is 117 cm³/mol. The molecule has 2 nitrogen and oxygen atoms in total. The molecule has 1 aromatic heterocycles. The Labute approximate surface area is 173 Å². The highest BCUT2D eigenvalue weighted by Gasteiger charge is 2.10. The highest BCUT2D eigenvalue weighted by molar-refractivity contribution is 6.31. The van der Waals surface area contributed by atoms with Crippen LogP contribution < -0.4 is 0 Å². The van der Waals surface area contributed by atoms with E-state index < -0.39 is 0 Å². The summed E-state index contributed by atoms with van der Waals surface area (Å²) in [6.45, 7) is 0.664. The van der Waals surface area contributed by atoms with Gasteiger partial charge in [0.2, 0.25) is 0 Å². The lowest BCUT2D eigenvalue weighted by molar-refractivity contribution is 0.836. The Morgan fingerprint density at radius 3 is 2.39 bits per heavy atom. The molecule has 136 valence electrons. The van der Waals surface area contributed by atoms with Crippen molar-refractivity contribution in [3.8, 4) is 6.07 Å². The van der Waals surface area contributed by atoms with E-state index in [1.54, 1.807) is 12.1 Å². The molecule has 0 atom stereocenters. The second-order valence-electron chi connectivity index (χ2n) is 6.50. The predicted octanol–water partition coefficient (Wildman–Crippen LogP) is 7.06. The maximum absolute atomic E-state index is 9.69. The molecule has 0 saturated carbocycles. The molecule has 4 heteroatoms. The Hall–Kier alpha value is -2.99. The molecule has 1 heterocycles. The van der Waals surface area contributed by atoms with Gasteiger partial charge in [0.05, 0.1) is 11.6 Å². The summed E-state index contributed by atoms with van der Waals surface area (Å²) in [5.41, 5.74) is 4.59. The van der Waals surface area contributed by atoms with Gasteiger partial charge in [-0.25, -0.2) is 0 Å². The minimum atomic E-state index is 0.595. The summed E-state index contributed by atoms with van der Waals surface area (Å²) >= 11 is 12.3. The molecule has 0 spiro atoms. The molecular formula is C24H16Cl2N2. The summed E-state index contributed by atoms with van der Waals surface area (Å²) in [6.07, 6.45) is 4.00. The van der Waals surface area contributed by atoms with E-state index >= 15 is 0 Å². The number of rotatable bonds is 4. The molecule has 0 aliphatic carbocycles. The topological polar surface area (TPSA) is 28.7 Å². The summed E-state index contributed by atoms with van der Waals surface area (Å²) in [7, 11) is 0. The minimum Gasteiger partial charge on any atom is -0.342 e. The number of fused-ring (bicyclic) bond motifs is 1. The van der Waals surface area contributed by atoms with Crippen molar-refractivity contribution >= 4 is 45.8 Å². The van der Waals surface area contributed by atoms with E-state index in [0.29, 0.717) is 17.1 Å². The molecule has 4 aromatic rings. The summed E-state index contributed by atoms with van der Waals surface area (Å²) in [5.74, 6) is 0. The first kappa shape index (κ1) is 18.4. The molecule has 0 saturated heterocycles. The molecule has 0 N–H and O–H groups in total. The van der Waals surface area contributed by atoms with Crippen LogP contribution in [0.25, 0.3) is 22.6 Å². The van der Waals surface area contributed by atoms with Crippen LogP contribution in [0.3, 0.4) is 0 Å². The fourth-order valence-corrected chi connectivity index (χ4v) is 3.62. The van der Waals surface area contributed by atoms with E-state index in [-0.39, 0.29) is 0 Å². The maximum Gasteiger partial charge on any atom is 0.0998 e. The molecule has 28 heavy (non-hydrogen) atoms. The molecule has 0 unspecified atom stereocenters. The van der Waals surface area contributed by atoms with E-state index in [2.05, 4.69) is 29.0 Å². The summed E-state index contributed by atoms with van der Waals surface area (Å²) in [5, 5.41) is 12.2. The molecule has 0 aliphatic rings. The maximum atomic E-state index is 9.69. The summed E-state index contributed by atoms with van der Waals surface area (Å²) < 4.78 is 2.17. The number of nitriles is 1. The van der Waals surface area contributed by atoms with Crippen LogP contribution in [0.5, 0.6) is 0 Å². The Morgan fingerprint density at radius 2 is 1.64 bits per heavy atom. The first-order valence-electron chi connectivity index (χ1n) is 8.85. The number of para-hydroxylation sites is 1. The molecular weight excluding hydrogens is 387 g/mol. The van der Waals surface area contributed by atoms with Crippen LogP contribution in [0.1, 0.15) is 16.7 Å². The standard InChI is InChI=1S/C24H16Cl2N2/c25-21-11-9-17(10-12-21)19(14-27)13-20-16-28(24-8-4-2-6-22(20)24)15-18-5-1-3-7-23(18)26/h1-13,16H,15H2/b19-13-. The van der Waals surface area contributed by atoms with Gasteiger partial charge in [0, 0.05) is 39.3 Å². The first-order chi connectivity index (χ1) is 13.7. The van der Waals surface area contributed by atoms with Crippen molar-refractivity contribution in [2.75, 3.05) is 0 Å². The van der Waals surface area contributed by atoms with Crippen LogP contribution in [0.2, 0.25) is 10.0 Å². The van der Waals surface area contributed by atoms with Gasteiger partial charge >= 0.3 is 0 Å². The van der Waals surface area contributed by atoms with Gasteiger partial charge in [-0.2, -0.15) is 5.26 Å². The Morgan fingerprint density at radius 1 is 0.929 bits per heavy atom. The van der Waals surface area contributed by atoms with E-state index in [1.807, 2.05) is 54.6 Å². The van der Waals surface area contributed by atoms with E-state index in [9.17, 15) is 5.26 Å². The van der Waals surface area contributed by atoms with E-state index in [0.717, 1.165) is 32.6 Å². The van der Waals surface area contributed by atoms with Gasteiger partial charge in [-0.05, 0) is 41.5 Å². The van der Waals surface area contributed by atoms with Crippen molar-refractivity contribution in [2.45, 2.75) is 6.54 Å². The highest BCUT2D eigenvalue weighted by atomic mass is 35.5.